The molecule has 234 valence electrons. The average Bonchev–Trinajstić information content (AvgIpc) is 3.78. The summed E-state index contributed by atoms with van der Waals surface area (Å²) in [5.74, 6) is 2.49. The van der Waals surface area contributed by atoms with Gasteiger partial charge in [-0.25, -0.2) is 9.97 Å². The molecule has 0 amide bonds. The van der Waals surface area contributed by atoms with Crippen LogP contribution in [-0.2, 0) is 10.2 Å². The van der Waals surface area contributed by atoms with Crippen molar-refractivity contribution in [3.05, 3.63) is 191 Å². The van der Waals surface area contributed by atoms with Gasteiger partial charge in [0, 0.05) is 22.3 Å². The highest BCUT2D eigenvalue weighted by Gasteiger charge is 2.51. The Morgan fingerprint density at radius 1 is 0.490 bits per heavy atom. The molecular formula is C45H32N2O2. The summed E-state index contributed by atoms with van der Waals surface area (Å²) in [6.07, 6.45) is 1.54. The molecule has 7 aromatic rings. The Labute approximate surface area is 285 Å². The quantitative estimate of drug-likeness (QED) is 0.194. The first-order valence-electron chi connectivity index (χ1n) is 17.0. The molecule has 3 aliphatic rings. The number of ether oxygens (including phenoxy) is 2. The van der Waals surface area contributed by atoms with Gasteiger partial charge in [-0.2, -0.15) is 0 Å². The first-order chi connectivity index (χ1) is 24.3. The lowest BCUT2D eigenvalue weighted by Crippen LogP contribution is -2.32. The molecule has 1 fully saturated rings. The van der Waals surface area contributed by atoms with Crippen LogP contribution in [0, 0.1) is 0 Å². The van der Waals surface area contributed by atoms with Crippen molar-refractivity contribution in [3.63, 3.8) is 0 Å². The molecule has 2 atom stereocenters. The molecule has 2 unspecified atom stereocenters. The molecule has 1 aliphatic carbocycles. The summed E-state index contributed by atoms with van der Waals surface area (Å²) in [6, 6.07) is 55.5. The standard InChI is InChI=1S/C45H32N2O2/c1-3-13-29(14-4-1)38-28-39(47-44(46-38)30-15-5-2-6-16-30)42-26-25-40(48-42)31-23-24-37-43(27-31)49-41-22-12-11-21-36(41)45(37)34-19-9-7-17-32(34)33-18-8-10-20-35(33)45/h1-24,27-28,40,42H,25-26H2. The van der Waals surface area contributed by atoms with E-state index in [1.54, 1.807) is 0 Å². The minimum Gasteiger partial charge on any atom is -0.457 e. The maximum atomic E-state index is 6.86. The Balaban J connectivity index is 1.04. The van der Waals surface area contributed by atoms with Crippen LogP contribution < -0.4 is 4.74 Å². The highest BCUT2D eigenvalue weighted by Crippen LogP contribution is 2.62. The summed E-state index contributed by atoms with van der Waals surface area (Å²) in [6.45, 7) is 0. The molecule has 0 radical (unpaired) electrons. The van der Waals surface area contributed by atoms with E-state index in [0.717, 1.165) is 58.0 Å². The molecule has 1 aromatic heterocycles. The van der Waals surface area contributed by atoms with Gasteiger partial charge in [-0.3, -0.25) is 0 Å². The van der Waals surface area contributed by atoms with Gasteiger partial charge >= 0.3 is 0 Å². The van der Waals surface area contributed by atoms with Gasteiger partial charge in [0.15, 0.2) is 5.82 Å². The molecule has 1 spiro atoms. The average molecular weight is 633 g/mol. The van der Waals surface area contributed by atoms with Crippen molar-refractivity contribution >= 4 is 0 Å². The van der Waals surface area contributed by atoms with Gasteiger partial charge in [-0.1, -0.05) is 140 Å². The number of benzene rings is 6. The van der Waals surface area contributed by atoms with E-state index in [-0.39, 0.29) is 12.2 Å². The minimum absolute atomic E-state index is 0.0783. The van der Waals surface area contributed by atoms with Crippen molar-refractivity contribution in [2.24, 2.45) is 0 Å². The second-order valence-electron chi connectivity index (χ2n) is 13.1. The molecule has 1 saturated heterocycles. The van der Waals surface area contributed by atoms with E-state index in [9.17, 15) is 0 Å². The van der Waals surface area contributed by atoms with Crippen LogP contribution in [0.2, 0.25) is 0 Å². The fourth-order valence-electron chi connectivity index (χ4n) is 8.28. The summed E-state index contributed by atoms with van der Waals surface area (Å²) in [7, 11) is 0. The highest BCUT2D eigenvalue weighted by atomic mass is 16.5. The van der Waals surface area contributed by atoms with Crippen molar-refractivity contribution in [1.29, 1.82) is 0 Å². The van der Waals surface area contributed by atoms with Gasteiger partial charge in [0.2, 0.25) is 0 Å². The van der Waals surface area contributed by atoms with Crippen molar-refractivity contribution in [2.75, 3.05) is 0 Å². The maximum Gasteiger partial charge on any atom is 0.160 e. The van der Waals surface area contributed by atoms with E-state index in [0.29, 0.717) is 5.82 Å². The zero-order chi connectivity index (χ0) is 32.4. The summed E-state index contributed by atoms with van der Waals surface area (Å²) < 4.78 is 13.6. The van der Waals surface area contributed by atoms with Gasteiger partial charge in [0.25, 0.3) is 0 Å². The van der Waals surface area contributed by atoms with Gasteiger partial charge in [-0.05, 0) is 58.9 Å². The van der Waals surface area contributed by atoms with Crippen molar-refractivity contribution in [3.8, 4) is 45.3 Å². The molecule has 10 rings (SSSR count). The van der Waals surface area contributed by atoms with Crippen LogP contribution in [0.5, 0.6) is 11.5 Å². The van der Waals surface area contributed by atoms with Crippen LogP contribution in [0.25, 0.3) is 33.8 Å². The summed E-state index contributed by atoms with van der Waals surface area (Å²) in [5.41, 5.74) is 12.0. The summed E-state index contributed by atoms with van der Waals surface area (Å²) >= 11 is 0. The van der Waals surface area contributed by atoms with Gasteiger partial charge < -0.3 is 9.47 Å². The number of nitrogens with zero attached hydrogens (tertiary/aromatic N) is 2. The van der Waals surface area contributed by atoms with Crippen molar-refractivity contribution in [2.45, 2.75) is 30.5 Å². The number of rotatable bonds is 4. The summed E-state index contributed by atoms with van der Waals surface area (Å²) in [4.78, 5) is 10.0. The van der Waals surface area contributed by atoms with Gasteiger partial charge in [0.1, 0.15) is 17.6 Å². The smallest absolute Gasteiger partial charge is 0.160 e. The van der Waals surface area contributed by atoms with Crippen molar-refractivity contribution < 1.29 is 9.47 Å². The first-order valence-corrected chi connectivity index (χ1v) is 17.0. The molecule has 4 heteroatoms. The number of hydrogen-bond acceptors (Lipinski definition) is 4. The SMILES string of the molecule is c1ccc(-c2cc(C3CCC(c4ccc5c(c4)Oc4ccccc4C54c5ccccc5-c5ccccc54)O3)nc(-c3ccccc3)n2)cc1. The lowest BCUT2D eigenvalue weighted by atomic mass is 9.66. The zero-order valence-corrected chi connectivity index (χ0v) is 26.8. The third kappa shape index (κ3) is 4.34. The molecule has 49 heavy (non-hydrogen) atoms. The number of para-hydroxylation sites is 1. The maximum absolute atomic E-state index is 6.86. The molecule has 2 aliphatic heterocycles. The fourth-order valence-corrected chi connectivity index (χ4v) is 8.28. The Kier molecular flexibility index (Phi) is 6.40. The Morgan fingerprint density at radius 3 is 1.82 bits per heavy atom. The monoisotopic (exact) mass is 632 g/mol. The van der Waals surface area contributed by atoms with Crippen LogP contribution >= 0.6 is 0 Å². The normalized spacial score (nSPS) is 17.9. The van der Waals surface area contributed by atoms with E-state index in [1.807, 2.05) is 36.4 Å². The molecule has 6 aromatic carbocycles. The second kappa shape index (κ2) is 11.1. The highest BCUT2D eigenvalue weighted by molar-refractivity contribution is 5.88. The molecule has 0 bridgehead atoms. The van der Waals surface area contributed by atoms with Crippen molar-refractivity contribution in [1.82, 2.24) is 9.97 Å². The third-order valence-electron chi connectivity index (χ3n) is 10.4. The summed E-state index contributed by atoms with van der Waals surface area (Å²) in [5, 5.41) is 0. The molecular weight excluding hydrogens is 601 g/mol. The number of fused-ring (bicyclic) bond motifs is 9. The second-order valence-corrected chi connectivity index (χ2v) is 13.1. The largest absolute Gasteiger partial charge is 0.457 e. The molecule has 0 saturated carbocycles. The minimum atomic E-state index is -0.461. The van der Waals surface area contributed by atoms with E-state index >= 15 is 0 Å². The first kappa shape index (κ1) is 28.2. The predicted octanol–water partition coefficient (Wildman–Crippen LogP) is 10.9. The van der Waals surface area contributed by atoms with Crippen LogP contribution in [0.1, 0.15) is 58.6 Å². The third-order valence-corrected chi connectivity index (χ3v) is 10.4. The molecule has 3 heterocycles. The lowest BCUT2D eigenvalue weighted by molar-refractivity contribution is 0.0416. The zero-order valence-electron chi connectivity index (χ0n) is 26.8. The Morgan fingerprint density at radius 2 is 1.08 bits per heavy atom. The van der Waals surface area contributed by atoms with Crippen LogP contribution in [-0.4, -0.2) is 9.97 Å². The Hall–Kier alpha value is -5.84. The molecule has 0 N–H and O–H groups in total. The fraction of sp³-hybridized carbons (Fsp3) is 0.111. The van der Waals surface area contributed by atoms with Crippen LogP contribution in [0.3, 0.4) is 0 Å². The van der Waals surface area contributed by atoms with E-state index in [4.69, 9.17) is 19.4 Å². The lowest BCUT2D eigenvalue weighted by Gasteiger charge is -2.39. The molecule has 4 nitrogen and oxygen atoms in total. The van der Waals surface area contributed by atoms with Gasteiger partial charge in [-0.15, -0.1) is 0 Å². The van der Waals surface area contributed by atoms with E-state index < -0.39 is 5.41 Å². The predicted molar refractivity (Wildman–Crippen MR) is 193 cm³/mol. The Bertz CT molecular complexity index is 2270. The van der Waals surface area contributed by atoms with Crippen LogP contribution in [0.15, 0.2) is 158 Å². The van der Waals surface area contributed by atoms with E-state index in [1.165, 1.54) is 27.8 Å². The van der Waals surface area contributed by atoms with Crippen LogP contribution in [0.4, 0.5) is 0 Å². The number of aromatic nitrogens is 2. The number of hydrogen-bond donors (Lipinski definition) is 0. The topological polar surface area (TPSA) is 44.2 Å². The van der Waals surface area contributed by atoms with E-state index in [2.05, 4.69) is 121 Å². The van der Waals surface area contributed by atoms with Gasteiger partial charge in [0.05, 0.1) is 22.9 Å².